The minimum Gasteiger partial charge on any atom is -0.272 e. The highest BCUT2D eigenvalue weighted by Crippen LogP contribution is 2.31. The van der Waals surface area contributed by atoms with E-state index in [9.17, 15) is 0 Å². The standard InChI is InChI=1S/C13H22N2/c1-3-5-12(4-2)13-8-14-15(10-13)9-11-6-7-11/h8,10-12H,3-7,9H2,1-2H3. The molecule has 1 fully saturated rings. The van der Waals surface area contributed by atoms with Crippen molar-refractivity contribution in [2.45, 2.75) is 58.4 Å². The minimum atomic E-state index is 0.725. The van der Waals surface area contributed by atoms with Gasteiger partial charge in [0, 0.05) is 12.7 Å². The highest BCUT2D eigenvalue weighted by atomic mass is 15.3. The van der Waals surface area contributed by atoms with Crippen LogP contribution in [0.5, 0.6) is 0 Å². The van der Waals surface area contributed by atoms with Crippen LogP contribution in [0.15, 0.2) is 12.4 Å². The smallest absolute Gasteiger partial charge is 0.0524 e. The summed E-state index contributed by atoms with van der Waals surface area (Å²) in [5.41, 5.74) is 1.44. The molecule has 1 aromatic rings. The van der Waals surface area contributed by atoms with Crippen LogP contribution in [0.3, 0.4) is 0 Å². The highest BCUT2D eigenvalue weighted by Gasteiger charge is 2.22. The van der Waals surface area contributed by atoms with E-state index in [-0.39, 0.29) is 0 Å². The molecule has 0 amide bonds. The van der Waals surface area contributed by atoms with Gasteiger partial charge in [-0.3, -0.25) is 4.68 Å². The van der Waals surface area contributed by atoms with Gasteiger partial charge in [0.05, 0.1) is 6.20 Å². The number of rotatable bonds is 6. The zero-order valence-corrected chi connectivity index (χ0v) is 9.95. The lowest BCUT2D eigenvalue weighted by atomic mass is 9.95. The van der Waals surface area contributed by atoms with Crippen molar-refractivity contribution < 1.29 is 0 Å². The fraction of sp³-hybridized carbons (Fsp3) is 0.769. The molecule has 2 heteroatoms. The van der Waals surface area contributed by atoms with Gasteiger partial charge < -0.3 is 0 Å². The highest BCUT2D eigenvalue weighted by molar-refractivity contribution is 5.11. The molecule has 1 aromatic heterocycles. The second kappa shape index (κ2) is 4.82. The van der Waals surface area contributed by atoms with Gasteiger partial charge in [-0.2, -0.15) is 5.10 Å². The molecule has 2 rings (SSSR count). The Morgan fingerprint density at radius 2 is 2.27 bits per heavy atom. The van der Waals surface area contributed by atoms with E-state index in [2.05, 4.69) is 36.0 Å². The Labute approximate surface area is 92.7 Å². The number of aromatic nitrogens is 2. The van der Waals surface area contributed by atoms with Crippen LogP contribution in [0.4, 0.5) is 0 Å². The van der Waals surface area contributed by atoms with Crippen LogP contribution in [0.2, 0.25) is 0 Å². The summed E-state index contributed by atoms with van der Waals surface area (Å²) in [6, 6.07) is 0. The molecule has 0 N–H and O–H groups in total. The van der Waals surface area contributed by atoms with Gasteiger partial charge in [-0.15, -0.1) is 0 Å². The summed E-state index contributed by atoms with van der Waals surface area (Å²) in [7, 11) is 0. The fourth-order valence-corrected chi connectivity index (χ4v) is 2.21. The molecule has 2 nitrogen and oxygen atoms in total. The summed E-state index contributed by atoms with van der Waals surface area (Å²) in [4.78, 5) is 0. The van der Waals surface area contributed by atoms with E-state index in [1.54, 1.807) is 0 Å². The Bertz CT molecular complexity index is 299. The third-order valence-corrected chi connectivity index (χ3v) is 3.40. The zero-order chi connectivity index (χ0) is 10.7. The molecule has 0 aromatic carbocycles. The van der Waals surface area contributed by atoms with Crippen molar-refractivity contribution in [1.82, 2.24) is 9.78 Å². The molecule has 1 saturated carbocycles. The molecule has 1 atom stereocenters. The van der Waals surface area contributed by atoms with Gasteiger partial charge in [-0.1, -0.05) is 20.3 Å². The third kappa shape index (κ3) is 2.83. The molecule has 15 heavy (non-hydrogen) atoms. The Hall–Kier alpha value is -0.790. The summed E-state index contributed by atoms with van der Waals surface area (Å²) in [6.45, 7) is 5.68. The summed E-state index contributed by atoms with van der Waals surface area (Å²) in [5.74, 6) is 1.65. The molecule has 0 spiro atoms. The van der Waals surface area contributed by atoms with Crippen molar-refractivity contribution in [2.24, 2.45) is 5.92 Å². The second-order valence-electron chi connectivity index (χ2n) is 4.83. The van der Waals surface area contributed by atoms with E-state index in [1.165, 1.54) is 37.7 Å². The van der Waals surface area contributed by atoms with Crippen molar-refractivity contribution in [1.29, 1.82) is 0 Å². The van der Waals surface area contributed by atoms with Crippen LogP contribution in [0.25, 0.3) is 0 Å². The topological polar surface area (TPSA) is 17.8 Å². The van der Waals surface area contributed by atoms with Crippen molar-refractivity contribution >= 4 is 0 Å². The van der Waals surface area contributed by atoms with Gasteiger partial charge in [0.25, 0.3) is 0 Å². The molecule has 1 unspecified atom stereocenters. The molecule has 1 heterocycles. The first-order valence-electron chi connectivity index (χ1n) is 6.35. The minimum absolute atomic E-state index is 0.725. The maximum absolute atomic E-state index is 4.46. The van der Waals surface area contributed by atoms with Crippen LogP contribution in [0, 0.1) is 5.92 Å². The van der Waals surface area contributed by atoms with Crippen molar-refractivity contribution in [2.75, 3.05) is 0 Å². The lowest BCUT2D eigenvalue weighted by Crippen LogP contribution is -2.00. The van der Waals surface area contributed by atoms with E-state index < -0.39 is 0 Å². The first kappa shape index (κ1) is 10.7. The summed E-state index contributed by atoms with van der Waals surface area (Å²) in [5, 5.41) is 4.46. The van der Waals surface area contributed by atoms with Crippen LogP contribution in [0.1, 0.15) is 57.4 Å². The second-order valence-corrected chi connectivity index (χ2v) is 4.83. The maximum atomic E-state index is 4.46. The van der Waals surface area contributed by atoms with E-state index >= 15 is 0 Å². The fourth-order valence-electron chi connectivity index (χ4n) is 2.21. The van der Waals surface area contributed by atoms with Gasteiger partial charge in [0.15, 0.2) is 0 Å². The van der Waals surface area contributed by atoms with Crippen molar-refractivity contribution in [3.05, 3.63) is 18.0 Å². The molecule has 84 valence electrons. The van der Waals surface area contributed by atoms with E-state index in [4.69, 9.17) is 0 Å². The van der Waals surface area contributed by atoms with Crippen LogP contribution in [-0.2, 0) is 6.54 Å². The van der Waals surface area contributed by atoms with Gasteiger partial charge in [-0.25, -0.2) is 0 Å². The average Bonchev–Trinajstić information content (AvgIpc) is 2.92. The molecule has 1 aliphatic carbocycles. The van der Waals surface area contributed by atoms with Crippen molar-refractivity contribution in [3.63, 3.8) is 0 Å². The lowest BCUT2D eigenvalue weighted by Gasteiger charge is -2.10. The molecule has 0 bridgehead atoms. The van der Waals surface area contributed by atoms with E-state index in [0.717, 1.165) is 18.4 Å². The normalized spacial score (nSPS) is 18.0. The van der Waals surface area contributed by atoms with E-state index in [1.807, 2.05) is 0 Å². The van der Waals surface area contributed by atoms with Crippen LogP contribution >= 0.6 is 0 Å². The largest absolute Gasteiger partial charge is 0.272 e. The van der Waals surface area contributed by atoms with Crippen LogP contribution in [-0.4, -0.2) is 9.78 Å². The predicted octanol–water partition coefficient (Wildman–Crippen LogP) is 3.59. The Morgan fingerprint density at radius 3 is 2.87 bits per heavy atom. The summed E-state index contributed by atoms with van der Waals surface area (Å²) in [6.07, 6.45) is 11.0. The quantitative estimate of drug-likeness (QED) is 0.695. The number of hydrogen-bond acceptors (Lipinski definition) is 1. The zero-order valence-electron chi connectivity index (χ0n) is 9.95. The first-order valence-corrected chi connectivity index (χ1v) is 6.35. The molecule has 1 aliphatic rings. The number of nitrogens with zero attached hydrogens (tertiary/aromatic N) is 2. The third-order valence-electron chi connectivity index (χ3n) is 3.40. The first-order chi connectivity index (χ1) is 7.33. The molecular weight excluding hydrogens is 184 g/mol. The van der Waals surface area contributed by atoms with Crippen molar-refractivity contribution in [3.8, 4) is 0 Å². The Morgan fingerprint density at radius 1 is 1.47 bits per heavy atom. The molecular formula is C13H22N2. The Kier molecular flexibility index (Phi) is 3.45. The van der Waals surface area contributed by atoms with Gasteiger partial charge in [-0.05, 0) is 43.1 Å². The summed E-state index contributed by atoms with van der Waals surface area (Å²) < 4.78 is 2.14. The average molecular weight is 206 g/mol. The molecule has 0 radical (unpaired) electrons. The number of hydrogen-bond donors (Lipinski definition) is 0. The van der Waals surface area contributed by atoms with Gasteiger partial charge >= 0.3 is 0 Å². The monoisotopic (exact) mass is 206 g/mol. The molecule has 0 aliphatic heterocycles. The maximum Gasteiger partial charge on any atom is 0.0524 e. The van der Waals surface area contributed by atoms with Gasteiger partial charge in [0.1, 0.15) is 0 Å². The SMILES string of the molecule is CCCC(CC)c1cnn(CC2CC2)c1. The lowest BCUT2D eigenvalue weighted by molar-refractivity contribution is 0.558. The predicted molar refractivity (Wildman–Crippen MR) is 62.9 cm³/mol. The van der Waals surface area contributed by atoms with Gasteiger partial charge in [0.2, 0.25) is 0 Å². The Balaban J connectivity index is 1.96. The van der Waals surface area contributed by atoms with Crippen LogP contribution < -0.4 is 0 Å². The van der Waals surface area contributed by atoms with E-state index in [0.29, 0.717) is 0 Å². The summed E-state index contributed by atoms with van der Waals surface area (Å²) >= 11 is 0. The molecule has 0 saturated heterocycles.